The minimum absolute atomic E-state index is 0.659. The van der Waals surface area contributed by atoms with Gasteiger partial charge in [-0.15, -0.1) is 0 Å². The number of hydrogen-bond acceptors (Lipinski definition) is 0. The zero-order valence-electron chi connectivity index (χ0n) is 25.8. The highest BCUT2D eigenvalue weighted by atomic mass is 14.0. The Morgan fingerprint density at radius 1 is 0.353 bits per heavy atom. The molecular weight excluding hydrogens is 408 g/mol. The largest absolute Gasteiger partial charge is 0.0683 e. The van der Waals surface area contributed by atoms with Gasteiger partial charge >= 0.3 is 0 Å². The van der Waals surface area contributed by atoms with Crippen molar-refractivity contribution in [1.29, 1.82) is 0 Å². The Labute approximate surface area is 217 Å². The molecule has 3 rings (SSSR count). The maximum atomic E-state index is 2.20. The molecule has 0 aliphatic heterocycles. The lowest BCUT2D eigenvalue weighted by Crippen LogP contribution is -1.83. The number of rotatable bonds is 1. The minimum Gasteiger partial charge on any atom is -0.0683 e. The van der Waals surface area contributed by atoms with E-state index in [-0.39, 0.29) is 0 Å². The molecule has 0 bridgehead atoms. The lowest BCUT2D eigenvalue weighted by molar-refractivity contribution is 0.867. The summed E-state index contributed by atoms with van der Waals surface area (Å²) in [5, 5.41) is 0. The zero-order chi connectivity index (χ0) is 28.0. The Bertz CT molecular complexity index is 541. The second kappa shape index (κ2) is 52.5. The minimum atomic E-state index is 0.659. The average molecular weight is 471 g/mol. The molecule has 0 aliphatic carbocycles. The highest BCUT2D eigenvalue weighted by molar-refractivity contribution is 5.17. The van der Waals surface area contributed by atoms with Gasteiger partial charge in [0.1, 0.15) is 0 Å². The quantitative estimate of drug-likeness (QED) is 0.331. The lowest BCUT2D eigenvalue weighted by atomic mass is 10.0. The van der Waals surface area contributed by atoms with Crippen LogP contribution in [-0.4, -0.2) is 0 Å². The fourth-order valence-corrected chi connectivity index (χ4v) is 1.76. The van der Waals surface area contributed by atoms with Crippen molar-refractivity contribution in [1.82, 2.24) is 0 Å². The molecule has 198 valence electrons. The molecule has 0 saturated carbocycles. The van der Waals surface area contributed by atoms with Crippen molar-refractivity contribution in [2.75, 3.05) is 0 Å². The van der Waals surface area contributed by atoms with Crippen LogP contribution in [0.5, 0.6) is 0 Å². The normalized spacial score (nSPS) is 6.94. The molecule has 3 aromatic carbocycles. The Morgan fingerprint density at radius 3 is 0.706 bits per heavy atom. The van der Waals surface area contributed by atoms with Gasteiger partial charge in [0, 0.05) is 0 Å². The van der Waals surface area contributed by atoms with E-state index in [0.29, 0.717) is 5.92 Å². The average Bonchev–Trinajstić information content (AvgIpc) is 2.98. The number of aryl methyl sites for hydroxylation is 1. The maximum absolute atomic E-state index is 2.20. The van der Waals surface area contributed by atoms with Crippen LogP contribution in [0.1, 0.15) is 114 Å². The van der Waals surface area contributed by atoms with E-state index in [4.69, 9.17) is 0 Å². The van der Waals surface area contributed by atoms with E-state index >= 15 is 0 Å². The summed E-state index contributed by atoms with van der Waals surface area (Å²) in [6, 6.07) is 32.8. The first-order valence-electron chi connectivity index (χ1n) is 13.8. The van der Waals surface area contributed by atoms with E-state index in [1.807, 2.05) is 144 Å². The molecule has 0 nitrogen and oxygen atoms in total. The Hall–Kier alpha value is -2.34. The van der Waals surface area contributed by atoms with Gasteiger partial charge < -0.3 is 0 Å². The van der Waals surface area contributed by atoms with Gasteiger partial charge in [-0.3, -0.25) is 0 Å². The van der Waals surface area contributed by atoms with E-state index in [1.54, 1.807) is 0 Å². The fourth-order valence-electron chi connectivity index (χ4n) is 1.76. The van der Waals surface area contributed by atoms with Crippen LogP contribution >= 0.6 is 0 Å². The summed E-state index contributed by atoms with van der Waals surface area (Å²) in [5.41, 5.74) is 2.74. The third kappa shape index (κ3) is 43.5. The number of hydrogen-bond donors (Lipinski definition) is 0. The molecule has 0 aromatic heterocycles. The summed E-state index contributed by atoms with van der Waals surface area (Å²) >= 11 is 0. The van der Waals surface area contributed by atoms with Crippen molar-refractivity contribution in [2.45, 2.75) is 110 Å². The molecule has 0 radical (unpaired) electrons. The third-order valence-corrected chi connectivity index (χ3v) is 3.07. The molecular formula is C34H62. The van der Waals surface area contributed by atoms with Crippen molar-refractivity contribution < 1.29 is 0 Å². The molecule has 3 aromatic rings. The summed E-state index contributed by atoms with van der Waals surface area (Å²) in [6.45, 7) is 30.5. The zero-order valence-corrected chi connectivity index (χ0v) is 25.8. The van der Waals surface area contributed by atoms with Crippen molar-refractivity contribution in [3.63, 3.8) is 0 Å². The topological polar surface area (TPSA) is 0 Å². The highest BCUT2D eigenvalue weighted by Crippen LogP contribution is 2.11. The van der Waals surface area contributed by atoms with Gasteiger partial charge in [-0.05, 0) is 18.4 Å². The highest BCUT2D eigenvalue weighted by Gasteiger charge is 1.93. The van der Waals surface area contributed by atoms with Crippen molar-refractivity contribution >= 4 is 0 Å². The molecule has 0 amide bonds. The van der Waals surface area contributed by atoms with Gasteiger partial charge in [0.05, 0.1) is 0 Å². The summed E-state index contributed by atoms with van der Waals surface area (Å²) < 4.78 is 0. The molecule has 0 heterocycles. The smallest absolute Gasteiger partial charge is 0.0219 e. The molecule has 0 N–H and O–H groups in total. The van der Waals surface area contributed by atoms with Crippen LogP contribution in [0, 0.1) is 6.92 Å². The summed E-state index contributed by atoms with van der Waals surface area (Å²) in [6.07, 6.45) is 0. The Balaban J connectivity index is -0.0000000715. The second-order valence-corrected chi connectivity index (χ2v) is 5.37. The predicted octanol–water partition coefficient (Wildman–Crippen LogP) is 12.6. The first-order valence-corrected chi connectivity index (χ1v) is 13.8. The van der Waals surface area contributed by atoms with E-state index < -0.39 is 0 Å². The molecule has 0 spiro atoms. The van der Waals surface area contributed by atoms with Gasteiger partial charge in [0.15, 0.2) is 0 Å². The maximum Gasteiger partial charge on any atom is -0.0219 e. The van der Waals surface area contributed by atoms with E-state index in [2.05, 4.69) is 57.2 Å². The van der Waals surface area contributed by atoms with Crippen LogP contribution in [0.3, 0.4) is 0 Å². The van der Waals surface area contributed by atoms with E-state index in [9.17, 15) is 0 Å². The Morgan fingerprint density at radius 2 is 0.559 bits per heavy atom. The van der Waals surface area contributed by atoms with Crippen LogP contribution in [0.25, 0.3) is 0 Å². The van der Waals surface area contributed by atoms with Gasteiger partial charge in [0.25, 0.3) is 0 Å². The van der Waals surface area contributed by atoms with Gasteiger partial charge in [-0.1, -0.05) is 200 Å². The SMILES string of the molecule is CC.CC.CC.CC.CC.CC.CC(C)c1ccccc1.Cc1ccccc1.c1ccccc1. The molecule has 0 aliphatic rings. The van der Waals surface area contributed by atoms with Crippen LogP contribution in [-0.2, 0) is 0 Å². The third-order valence-electron chi connectivity index (χ3n) is 3.07. The van der Waals surface area contributed by atoms with Crippen LogP contribution in [0.2, 0.25) is 0 Å². The molecule has 0 heteroatoms. The number of benzene rings is 3. The van der Waals surface area contributed by atoms with E-state index in [0.717, 1.165) is 0 Å². The summed E-state index contributed by atoms with van der Waals surface area (Å²) in [5.74, 6) is 0.659. The monoisotopic (exact) mass is 470 g/mol. The fraction of sp³-hybridized carbons (Fsp3) is 0.471. The molecule has 0 saturated heterocycles. The van der Waals surface area contributed by atoms with Gasteiger partial charge in [0.2, 0.25) is 0 Å². The van der Waals surface area contributed by atoms with Crippen LogP contribution in [0.4, 0.5) is 0 Å². The van der Waals surface area contributed by atoms with Gasteiger partial charge in [-0.2, -0.15) is 0 Å². The first kappa shape index (κ1) is 45.2. The predicted molar refractivity (Wildman–Crippen MR) is 166 cm³/mol. The van der Waals surface area contributed by atoms with Gasteiger partial charge in [-0.25, -0.2) is 0 Å². The van der Waals surface area contributed by atoms with Crippen LogP contribution in [0.15, 0.2) is 97.1 Å². The standard InChI is InChI=1S/C9H12.C7H8.C6H6.6C2H6/c1-8(2)9-6-4-3-5-7-9;1-7-5-3-2-4-6-7;1-2-4-6-5-3-1;6*1-2/h3-8H,1-2H3;2-6H,1H3;1-6H;6*1-2H3. The Kier molecular flexibility index (Phi) is 69.8. The molecule has 34 heavy (non-hydrogen) atoms. The molecule has 0 unspecified atom stereocenters. The van der Waals surface area contributed by atoms with Crippen molar-refractivity contribution in [3.8, 4) is 0 Å². The molecule has 0 atom stereocenters. The lowest BCUT2D eigenvalue weighted by Gasteiger charge is -2.01. The second-order valence-electron chi connectivity index (χ2n) is 5.37. The van der Waals surface area contributed by atoms with Crippen molar-refractivity contribution in [2.24, 2.45) is 0 Å². The molecule has 0 fully saturated rings. The summed E-state index contributed by atoms with van der Waals surface area (Å²) in [7, 11) is 0. The van der Waals surface area contributed by atoms with E-state index in [1.165, 1.54) is 11.1 Å². The first-order chi connectivity index (χ1) is 16.7. The van der Waals surface area contributed by atoms with Crippen LogP contribution < -0.4 is 0 Å². The van der Waals surface area contributed by atoms with Crippen molar-refractivity contribution in [3.05, 3.63) is 108 Å². The summed E-state index contributed by atoms with van der Waals surface area (Å²) in [4.78, 5) is 0.